The summed E-state index contributed by atoms with van der Waals surface area (Å²) in [5.74, 6) is -2.25. The van der Waals surface area contributed by atoms with Gasteiger partial charge >= 0.3 is 0 Å². The topological polar surface area (TPSA) is 208 Å². The summed E-state index contributed by atoms with van der Waals surface area (Å²) in [6.45, 7) is 19.1. The fourth-order valence-electron chi connectivity index (χ4n) is 7.65. The molecule has 2 aromatic heterocycles. The number of aromatic amines is 1. The van der Waals surface area contributed by atoms with Crippen LogP contribution in [0, 0.1) is 23.7 Å². The second-order valence-electron chi connectivity index (χ2n) is 18.3. The number of carbonyl (C=O) groups excluding carboxylic acids is 3. The number of likely N-dealkylation sites (tertiary alicyclic amines) is 1. The highest BCUT2D eigenvalue weighted by Crippen LogP contribution is 2.60. The molecule has 13 nitrogen and oxygen atoms in total. The molecular formula is C46H61ClF2N6O7S2. The predicted octanol–water partition coefficient (Wildman–Crippen LogP) is 8.83. The Morgan fingerprint density at radius 1 is 1.17 bits per heavy atom. The number of anilines is 1. The summed E-state index contributed by atoms with van der Waals surface area (Å²) in [6, 6.07) is 8.84. The lowest BCUT2D eigenvalue weighted by atomic mass is 9.88. The number of allylic oxidation sites excluding steroid dienone is 1. The molecule has 1 saturated heterocycles. The number of fused-ring (bicyclic) bond motifs is 1. The Bertz CT molecular complexity index is 2510. The van der Waals surface area contributed by atoms with Gasteiger partial charge in [0.2, 0.25) is 28.2 Å². The number of nitrogens with two attached hydrogens (primary N) is 2. The molecule has 3 fully saturated rings. The van der Waals surface area contributed by atoms with Gasteiger partial charge in [0.25, 0.3) is 5.92 Å². The third-order valence-corrected chi connectivity index (χ3v) is 14.9. The van der Waals surface area contributed by atoms with E-state index in [-0.39, 0.29) is 51.4 Å². The average molecular weight is 948 g/mol. The summed E-state index contributed by atoms with van der Waals surface area (Å²) in [5.41, 5.74) is 12.1. The summed E-state index contributed by atoms with van der Waals surface area (Å²) in [6.07, 6.45) is 5.67. The predicted molar refractivity (Wildman–Crippen MR) is 251 cm³/mol. The van der Waals surface area contributed by atoms with Crippen LogP contribution in [0.3, 0.4) is 0 Å². The van der Waals surface area contributed by atoms with Crippen LogP contribution in [0.15, 0.2) is 59.2 Å². The SMILES string of the molecule is C=CC1CC1(C(=O)NS(=O)(=O)C1(C)CC1)C1CCCN1C(=O)CC(C)(C)C.CC(F)(F)c1cc(N)cc(Cl)c1.COc1ccc2c(=O)cc(-c3nc(C(C)C)cs3)[nH]c2c1C.NC=O. The Morgan fingerprint density at radius 3 is 2.31 bits per heavy atom. The Morgan fingerprint density at radius 2 is 1.81 bits per heavy atom. The van der Waals surface area contributed by atoms with Crippen molar-refractivity contribution in [2.45, 2.75) is 117 Å². The molecule has 64 heavy (non-hydrogen) atoms. The highest BCUT2D eigenvalue weighted by Gasteiger charge is 2.67. The molecule has 2 aromatic carbocycles. The van der Waals surface area contributed by atoms with E-state index in [1.54, 1.807) is 43.6 Å². The maximum Gasteiger partial charge on any atom is 0.270 e. The molecule has 3 atom stereocenters. The van der Waals surface area contributed by atoms with Gasteiger partial charge in [0.15, 0.2) is 5.43 Å². The van der Waals surface area contributed by atoms with E-state index in [0.717, 1.165) is 53.0 Å². The number of alkyl halides is 2. The third-order valence-electron chi connectivity index (χ3n) is 11.7. The number of primary amides is 1. The van der Waals surface area contributed by atoms with E-state index in [0.29, 0.717) is 43.5 Å². The van der Waals surface area contributed by atoms with Crippen LogP contribution in [-0.4, -0.2) is 66.0 Å². The summed E-state index contributed by atoms with van der Waals surface area (Å²) in [5, 5.41) is 3.78. The molecule has 350 valence electrons. The maximum atomic E-state index is 13.2. The van der Waals surface area contributed by atoms with Crippen LogP contribution in [0.5, 0.6) is 5.75 Å². The summed E-state index contributed by atoms with van der Waals surface area (Å²) in [7, 11) is -2.06. The Kier molecular flexibility index (Phi) is 16.3. The lowest BCUT2D eigenvalue weighted by Gasteiger charge is -2.34. The number of nitrogen functional groups attached to an aromatic ring is 1. The average Bonchev–Trinajstić information content (AvgIpc) is 3.97. The maximum absolute atomic E-state index is 13.2. The van der Waals surface area contributed by atoms with Gasteiger partial charge in [-0.1, -0.05) is 52.3 Å². The summed E-state index contributed by atoms with van der Waals surface area (Å²) >= 11 is 7.09. The standard InChI is InChI=1S/C20H32N2O4S.C17H18N2O2S.C8H8ClF2N.CH3NO/c1-6-14-12-20(14,17(24)21-27(25,26)19(5)9-10-19)15-8-7-11-22(15)16(23)13-18(2,3)4;1-9(2)13-8-22-17(19-13)12-7-14(20)11-5-6-15(21-4)10(3)16(11)18-12;1-8(10,11)5-2-6(9)4-7(12)3-5;2-1-3/h6,14-15H,1,7-13H2,2-5H3,(H,21,24);5-9H,1-4H3,(H,18,20);2-4H,12H2,1H3;1H,(H2,2,3). The summed E-state index contributed by atoms with van der Waals surface area (Å²) < 4.78 is 57.4. The van der Waals surface area contributed by atoms with Crippen LogP contribution < -0.4 is 26.4 Å². The number of ether oxygens (including phenoxy) is 1. The van der Waals surface area contributed by atoms with Gasteiger partial charge in [0, 0.05) is 64.6 Å². The zero-order chi connectivity index (χ0) is 48.2. The number of amides is 3. The molecule has 18 heteroatoms. The van der Waals surface area contributed by atoms with Crippen LogP contribution in [0.1, 0.15) is 110 Å². The number of aromatic nitrogens is 2. The molecule has 3 amide bonds. The van der Waals surface area contributed by atoms with E-state index < -0.39 is 32.0 Å². The van der Waals surface area contributed by atoms with E-state index in [1.165, 1.54) is 18.2 Å². The molecule has 2 saturated carbocycles. The highest BCUT2D eigenvalue weighted by molar-refractivity contribution is 7.91. The molecule has 3 heterocycles. The number of thiazole rings is 1. The Balaban J connectivity index is 0.000000217. The second kappa shape index (κ2) is 20.1. The molecule has 2 aliphatic carbocycles. The first-order chi connectivity index (χ1) is 29.7. The minimum atomic E-state index is -3.69. The number of nitrogens with zero attached hydrogens (tertiary/aromatic N) is 2. The van der Waals surface area contributed by atoms with E-state index in [2.05, 4.69) is 40.9 Å². The van der Waals surface area contributed by atoms with Crippen LogP contribution in [0.4, 0.5) is 14.5 Å². The zero-order valence-electron chi connectivity index (χ0n) is 37.9. The van der Waals surface area contributed by atoms with Crippen molar-refractivity contribution in [1.29, 1.82) is 0 Å². The number of nitrogens with one attached hydrogen (secondary N) is 2. The van der Waals surface area contributed by atoms with E-state index >= 15 is 0 Å². The normalized spacial score (nSPS) is 19.8. The highest BCUT2D eigenvalue weighted by atomic mass is 35.5. The smallest absolute Gasteiger partial charge is 0.270 e. The largest absolute Gasteiger partial charge is 0.496 e. The number of benzene rings is 2. The van der Waals surface area contributed by atoms with Crippen LogP contribution in [-0.2, 0) is 30.3 Å². The first kappa shape index (κ1) is 51.8. The van der Waals surface area contributed by atoms with Gasteiger partial charge < -0.3 is 26.1 Å². The zero-order valence-corrected chi connectivity index (χ0v) is 40.3. The lowest BCUT2D eigenvalue weighted by molar-refractivity contribution is -0.137. The quantitative estimate of drug-likeness (QED) is 0.0679. The van der Waals surface area contributed by atoms with Crippen molar-refractivity contribution in [1.82, 2.24) is 19.6 Å². The molecule has 0 radical (unpaired) electrons. The van der Waals surface area contributed by atoms with Gasteiger partial charge in [0.1, 0.15) is 10.8 Å². The van der Waals surface area contributed by atoms with E-state index in [1.807, 2.05) is 44.0 Å². The van der Waals surface area contributed by atoms with Crippen molar-refractivity contribution in [3.05, 3.63) is 86.5 Å². The number of rotatable bonds is 10. The Hall–Kier alpha value is -4.87. The summed E-state index contributed by atoms with van der Waals surface area (Å²) in [4.78, 5) is 56.8. The number of hydrogen-bond acceptors (Lipinski definition) is 10. The number of hydrogen-bond donors (Lipinski definition) is 4. The number of sulfonamides is 1. The van der Waals surface area contributed by atoms with Crippen molar-refractivity contribution < 1.29 is 36.3 Å². The Labute approximate surface area is 383 Å². The van der Waals surface area contributed by atoms with Gasteiger partial charge in [-0.15, -0.1) is 17.9 Å². The minimum Gasteiger partial charge on any atom is -0.496 e. The molecule has 6 N–H and O–H groups in total. The molecule has 4 aromatic rings. The van der Waals surface area contributed by atoms with Crippen LogP contribution >= 0.6 is 22.9 Å². The van der Waals surface area contributed by atoms with Gasteiger partial charge in [-0.05, 0) is 93.5 Å². The van der Waals surface area contributed by atoms with Crippen molar-refractivity contribution >= 4 is 67.8 Å². The molecule has 7 rings (SSSR count). The minimum absolute atomic E-state index is 0.00389. The molecule has 0 bridgehead atoms. The van der Waals surface area contributed by atoms with Crippen molar-refractivity contribution in [3.63, 3.8) is 0 Å². The van der Waals surface area contributed by atoms with Crippen molar-refractivity contribution in [3.8, 4) is 16.5 Å². The molecule has 0 spiro atoms. The van der Waals surface area contributed by atoms with Gasteiger partial charge in [-0.3, -0.25) is 23.9 Å². The molecule has 3 unspecified atom stereocenters. The van der Waals surface area contributed by atoms with Crippen molar-refractivity contribution in [2.24, 2.45) is 22.5 Å². The van der Waals surface area contributed by atoms with Crippen LogP contribution in [0.2, 0.25) is 5.02 Å². The van der Waals surface area contributed by atoms with E-state index in [4.69, 9.17) is 26.9 Å². The van der Waals surface area contributed by atoms with Crippen molar-refractivity contribution in [2.75, 3.05) is 19.4 Å². The number of H-pyrrole nitrogens is 1. The molecule has 1 aliphatic heterocycles. The molecular weight excluding hydrogens is 886 g/mol. The first-order valence-corrected chi connectivity index (χ1v) is 23.7. The lowest BCUT2D eigenvalue weighted by Crippen LogP contribution is -2.51. The number of halogens is 3. The van der Waals surface area contributed by atoms with Gasteiger partial charge in [-0.2, -0.15) is 0 Å². The van der Waals surface area contributed by atoms with Gasteiger partial charge in [0.05, 0.1) is 34.2 Å². The fraction of sp³-hybridized carbons (Fsp3) is 0.500. The van der Waals surface area contributed by atoms with E-state index in [9.17, 15) is 31.6 Å². The number of methoxy groups -OCH3 is 1. The third kappa shape index (κ3) is 12.1. The second-order valence-corrected chi connectivity index (χ2v) is 21.8. The number of pyridine rings is 1. The first-order valence-electron chi connectivity index (χ1n) is 20.9. The fourth-order valence-corrected chi connectivity index (χ4v) is 10.2. The monoisotopic (exact) mass is 946 g/mol. The van der Waals surface area contributed by atoms with Gasteiger partial charge in [-0.25, -0.2) is 22.2 Å². The number of carbonyl (C=O) groups is 3. The number of aryl methyl sites for hydroxylation is 1. The van der Waals surface area contributed by atoms with Crippen LogP contribution in [0.25, 0.3) is 21.6 Å². The molecule has 3 aliphatic rings.